The van der Waals surface area contributed by atoms with Crippen molar-refractivity contribution >= 4 is 11.6 Å². The van der Waals surface area contributed by atoms with Crippen molar-refractivity contribution in [2.45, 2.75) is 13.5 Å². The van der Waals surface area contributed by atoms with Crippen molar-refractivity contribution in [3.63, 3.8) is 0 Å². The summed E-state index contributed by atoms with van der Waals surface area (Å²) in [6.07, 6.45) is 0. The van der Waals surface area contributed by atoms with Crippen molar-refractivity contribution in [2.24, 2.45) is 0 Å². The van der Waals surface area contributed by atoms with E-state index in [1.165, 1.54) is 0 Å². The number of rotatable bonds is 4. The first-order valence-electron chi connectivity index (χ1n) is 6.18. The smallest absolute Gasteiger partial charge is 0.274 e. The molecule has 2 aromatic rings. The maximum absolute atomic E-state index is 12.1. The molecule has 1 amide bonds. The van der Waals surface area contributed by atoms with Gasteiger partial charge in [0.2, 0.25) is 0 Å². The van der Waals surface area contributed by atoms with Crippen LogP contribution in [0.2, 0.25) is 0 Å². The Hall–Kier alpha value is -2.20. The summed E-state index contributed by atoms with van der Waals surface area (Å²) in [4.78, 5) is 16.3. The summed E-state index contributed by atoms with van der Waals surface area (Å²) in [6.45, 7) is 2.57. The zero-order valence-electron chi connectivity index (χ0n) is 11.1. The van der Waals surface area contributed by atoms with Crippen molar-refractivity contribution in [2.75, 3.05) is 12.4 Å². The van der Waals surface area contributed by atoms with Crippen molar-refractivity contribution in [3.05, 3.63) is 59.4 Å². The lowest BCUT2D eigenvalue weighted by Gasteiger charge is -2.10. The molecule has 1 aromatic heterocycles. The molecule has 0 fully saturated rings. The van der Waals surface area contributed by atoms with Crippen molar-refractivity contribution in [3.8, 4) is 0 Å². The van der Waals surface area contributed by atoms with Gasteiger partial charge < -0.3 is 10.6 Å². The maximum atomic E-state index is 12.1. The van der Waals surface area contributed by atoms with Gasteiger partial charge in [-0.25, -0.2) is 4.98 Å². The summed E-state index contributed by atoms with van der Waals surface area (Å²) in [5.74, 6) is -0.188. The molecule has 0 saturated heterocycles. The zero-order chi connectivity index (χ0) is 13.7. The molecule has 0 unspecified atom stereocenters. The molecule has 0 atom stereocenters. The fourth-order valence-electron chi connectivity index (χ4n) is 1.84. The Bertz CT molecular complexity index is 581. The third-order valence-electron chi connectivity index (χ3n) is 2.75. The monoisotopic (exact) mass is 255 g/mol. The van der Waals surface area contributed by atoms with Gasteiger partial charge in [0, 0.05) is 17.9 Å². The minimum Gasteiger partial charge on any atom is -0.320 e. The van der Waals surface area contributed by atoms with Gasteiger partial charge >= 0.3 is 0 Å². The Morgan fingerprint density at radius 2 is 1.95 bits per heavy atom. The molecule has 98 valence electrons. The summed E-state index contributed by atoms with van der Waals surface area (Å²) < 4.78 is 0. The van der Waals surface area contributed by atoms with Crippen LogP contribution < -0.4 is 10.6 Å². The molecule has 4 heteroatoms. The van der Waals surface area contributed by atoms with Crippen molar-refractivity contribution < 1.29 is 4.79 Å². The van der Waals surface area contributed by atoms with E-state index in [9.17, 15) is 4.79 Å². The molecule has 2 N–H and O–H groups in total. The van der Waals surface area contributed by atoms with Gasteiger partial charge in [0.05, 0.1) is 0 Å². The summed E-state index contributed by atoms with van der Waals surface area (Å²) in [5, 5.41) is 5.98. The van der Waals surface area contributed by atoms with Crippen LogP contribution in [0.3, 0.4) is 0 Å². The molecule has 0 aliphatic heterocycles. The number of benzene rings is 1. The molecular formula is C15H17N3O. The second-order valence-corrected chi connectivity index (χ2v) is 4.31. The number of para-hydroxylation sites is 1. The fraction of sp³-hybridized carbons (Fsp3) is 0.200. The summed E-state index contributed by atoms with van der Waals surface area (Å²) >= 11 is 0. The second kappa shape index (κ2) is 6.11. The van der Waals surface area contributed by atoms with E-state index in [0.717, 1.165) is 16.9 Å². The highest BCUT2D eigenvalue weighted by atomic mass is 16.1. The molecule has 0 spiro atoms. The van der Waals surface area contributed by atoms with Crippen molar-refractivity contribution in [1.82, 2.24) is 10.3 Å². The Kier molecular flexibility index (Phi) is 4.26. The highest BCUT2D eigenvalue weighted by Crippen LogP contribution is 2.15. The average Bonchev–Trinajstić information content (AvgIpc) is 2.41. The molecule has 0 radical (unpaired) electrons. The number of pyridine rings is 1. The first-order valence-corrected chi connectivity index (χ1v) is 6.18. The molecule has 2 rings (SSSR count). The van der Waals surface area contributed by atoms with Crippen LogP contribution in [-0.2, 0) is 6.54 Å². The van der Waals surface area contributed by atoms with Crippen LogP contribution in [0.5, 0.6) is 0 Å². The number of amides is 1. The molecule has 1 aromatic carbocycles. The topological polar surface area (TPSA) is 54.0 Å². The molecular weight excluding hydrogens is 238 g/mol. The predicted molar refractivity (Wildman–Crippen MR) is 76.1 cm³/mol. The molecule has 19 heavy (non-hydrogen) atoms. The van der Waals surface area contributed by atoms with Crippen LogP contribution in [0.1, 0.15) is 21.7 Å². The molecule has 0 aliphatic rings. The van der Waals surface area contributed by atoms with E-state index < -0.39 is 0 Å². The van der Waals surface area contributed by atoms with Gasteiger partial charge in [0.25, 0.3) is 5.91 Å². The van der Waals surface area contributed by atoms with E-state index in [4.69, 9.17) is 0 Å². The maximum Gasteiger partial charge on any atom is 0.274 e. The first kappa shape index (κ1) is 13.2. The Morgan fingerprint density at radius 1 is 1.16 bits per heavy atom. The minimum absolute atomic E-state index is 0.188. The quantitative estimate of drug-likeness (QED) is 0.881. The average molecular weight is 255 g/mol. The Labute approximate surface area is 112 Å². The van der Waals surface area contributed by atoms with Crippen LogP contribution in [0.15, 0.2) is 42.5 Å². The lowest BCUT2D eigenvalue weighted by Crippen LogP contribution is -2.16. The number of nitrogens with zero attached hydrogens (tertiary/aromatic N) is 1. The summed E-state index contributed by atoms with van der Waals surface area (Å²) in [7, 11) is 1.88. The molecule has 0 saturated carbocycles. The third kappa shape index (κ3) is 3.39. The molecule has 0 aliphatic carbocycles. The Morgan fingerprint density at radius 3 is 2.68 bits per heavy atom. The van der Waals surface area contributed by atoms with Crippen molar-refractivity contribution in [1.29, 1.82) is 0 Å². The molecule has 4 nitrogen and oxygen atoms in total. The number of aryl methyl sites for hydroxylation is 1. The fourth-order valence-corrected chi connectivity index (χ4v) is 1.84. The van der Waals surface area contributed by atoms with Crippen LogP contribution in [-0.4, -0.2) is 17.9 Å². The third-order valence-corrected chi connectivity index (χ3v) is 2.75. The van der Waals surface area contributed by atoms with E-state index in [1.54, 1.807) is 6.07 Å². The number of aromatic nitrogens is 1. The van der Waals surface area contributed by atoms with Crippen LogP contribution in [0.25, 0.3) is 0 Å². The Balaban J connectivity index is 2.19. The van der Waals surface area contributed by atoms with E-state index >= 15 is 0 Å². The van der Waals surface area contributed by atoms with E-state index in [1.807, 2.05) is 50.4 Å². The van der Waals surface area contributed by atoms with Gasteiger partial charge in [-0.3, -0.25) is 4.79 Å². The van der Waals surface area contributed by atoms with E-state index in [-0.39, 0.29) is 5.91 Å². The van der Waals surface area contributed by atoms with Gasteiger partial charge in [-0.1, -0.05) is 24.3 Å². The number of nitrogens with one attached hydrogen (secondary N) is 2. The number of carbonyl (C=O) groups excluding carboxylic acids is 1. The lowest BCUT2D eigenvalue weighted by molar-refractivity contribution is 0.102. The predicted octanol–water partition coefficient (Wildman–Crippen LogP) is 2.36. The molecule has 1 heterocycles. The number of anilines is 1. The molecule has 0 bridgehead atoms. The first-order chi connectivity index (χ1) is 9.20. The van der Waals surface area contributed by atoms with Crippen LogP contribution in [0.4, 0.5) is 5.69 Å². The van der Waals surface area contributed by atoms with E-state index in [2.05, 4.69) is 15.6 Å². The SMILES string of the molecule is CNCc1ccccc1NC(=O)c1cccc(C)n1. The van der Waals surface area contributed by atoms with Gasteiger partial charge in [0.1, 0.15) is 5.69 Å². The number of hydrogen-bond acceptors (Lipinski definition) is 3. The second-order valence-electron chi connectivity index (χ2n) is 4.31. The van der Waals surface area contributed by atoms with Crippen LogP contribution in [0, 0.1) is 6.92 Å². The summed E-state index contributed by atoms with van der Waals surface area (Å²) in [6, 6.07) is 13.1. The number of hydrogen-bond donors (Lipinski definition) is 2. The largest absolute Gasteiger partial charge is 0.320 e. The highest BCUT2D eigenvalue weighted by molar-refractivity contribution is 6.03. The highest BCUT2D eigenvalue weighted by Gasteiger charge is 2.09. The normalized spacial score (nSPS) is 10.2. The standard InChI is InChI=1S/C15H17N3O/c1-11-6-5-9-14(17-11)15(19)18-13-8-4-3-7-12(13)10-16-2/h3-9,16H,10H2,1-2H3,(H,18,19). The zero-order valence-corrected chi connectivity index (χ0v) is 11.1. The van der Waals surface area contributed by atoms with Gasteiger partial charge in [-0.05, 0) is 37.7 Å². The van der Waals surface area contributed by atoms with Gasteiger partial charge in [-0.2, -0.15) is 0 Å². The lowest BCUT2D eigenvalue weighted by atomic mass is 10.1. The van der Waals surface area contributed by atoms with Gasteiger partial charge in [0.15, 0.2) is 0 Å². The minimum atomic E-state index is -0.188. The number of carbonyl (C=O) groups is 1. The van der Waals surface area contributed by atoms with Crippen LogP contribution >= 0.6 is 0 Å². The summed E-state index contributed by atoms with van der Waals surface area (Å²) in [5.41, 5.74) is 3.12. The van der Waals surface area contributed by atoms with Gasteiger partial charge in [-0.15, -0.1) is 0 Å². The van der Waals surface area contributed by atoms with E-state index in [0.29, 0.717) is 12.2 Å².